The van der Waals surface area contributed by atoms with Crippen molar-refractivity contribution in [1.29, 1.82) is 0 Å². The maximum Gasteiger partial charge on any atom is 0.136 e. The van der Waals surface area contributed by atoms with Crippen LogP contribution in [0.1, 0.15) is 0 Å². The van der Waals surface area contributed by atoms with E-state index in [1.54, 1.807) is 0 Å². The lowest BCUT2D eigenvalue weighted by Crippen LogP contribution is -1.93. The standard InChI is InChI=1S/C36H21NOS/c1-4-15-30-23(9-1)24-10-2-5-16-31(24)37(30)22-19-20-34-29(21-22)27-14-7-13-26(36(27)39-34)25-12-8-18-33-35(25)28-11-3-6-17-32(28)38-33/h1-21H. The van der Waals surface area contributed by atoms with Gasteiger partial charge < -0.3 is 8.98 Å². The molecule has 3 heteroatoms. The zero-order chi connectivity index (χ0) is 25.5. The Morgan fingerprint density at radius 3 is 1.95 bits per heavy atom. The first-order valence-corrected chi connectivity index (χ1v) is 14.0. The lowest BCUT2D eigenvalue weighted by molar-refractivity contribution is 0.669. The fraction of sp³-hybridized carbons (Fsp3) is 0. The van der Waals surface area contributed by atoms with Gasteiger partial charge in [0.15, 0.2) is 0 Å². The molecule has 0 aliphatic heterocycles. The summed E-state index contributed by atoms with van der Waals surface area (Å²) in [5, 5.41) is 7.50. The van der Waals surface area contributed by atoms with E-state index in [0.29, 0.717) is 0 Å². The zero-order valence-electron chi connectivity index (χ0n) is 20.9. The second-order valence-electron chi connectivity index (χ2n) is 10.1. The molecule has 0 unspecified atom stereocenters. The number of furan rings is 1. The molecule has 39 heavy (non-hydrogen) atoms. The molecule has 0 saturated carbocycles. The normalized spacial score (nSPS) is 12.1. The van der Waals surface area contributed by atoms with E-state index in [-0.39, 0.29) is 0 Å². The Bertz CT molecular complexity index is 2350. The zero-order valence-corrected chi connectivity index (χ0v) is 21.7. The molecule has 0 fully saturated rings. The topological polar surface area (TPSA) is 18.1 Å². The van der Waals surface area contributed by atoms with E-state index in [1.165, 1.54) is 64.2 Å². The van der Waals surface area contributed by atoms with Crippen molar-refractivity contribution in [3.05, 3.63) is 127 Å². The molecule has 0 radical (unpaired) electrons. The Labute approximate surface area is 227 Å². The predicted octanol–water partition coefficient (Wildman–Crippen LogP) is 10.7. The van der Waals surface area contributed by atoms with Gasteiger partial charge in [0.25, 0.3) is 0 Å². The van der Waals surface area contributed by atoms with Gasteiger partial charge in [0, 0.05) is 53.0 Å². The van der Waals surface area contributed by atoms with E-state index in [4.69, 9.17) is 4.42 Å². The van der Waals surface area contributed by atoms with Crippen LogP contribution in [0.15, 0.2) is 132 Å². The van der Waals surface area contributed by atoms with Crippen LogP contribution in [0, 0.1) is 0 Å². The van der Waals surface area contributed by atoms with Crippen LogP contribution in [-0.4, -0.2) is 4.57 Å². The van der Waals surface area contributed by atoms with Gasteiger partial charge in [-0.1, -0.05) is 84.9 Å². The maximum atomic E-state index is 6.21. The first-order valence-electron chi connectivity index (χ1n) is 13.2. The van der Waals surface area contributed by atoms with Gasteiger partial charge in [-0.15, -0.1) is 11.3 Å². The van der Waals surface area contributed by atoms with E-state index in [0.717, 1.165) is 16.6 Å². The number of hydrogen-bond acceptors (Lipinski definition) is 2. The highest BCUT2D eigenvalue weighted by Crippen LogP contribution is 2.44. The number of benzene rings is 6. The van der Waals surface area contributed by atoms with Crippen LogP contribution in [0.25, 0.3) is 80.7 Å². The smallest absolute Gasteiger partial charge is 0.136 e. The lowest BCUT2D eigenvalue weighted by atomic mass is 9.98. The Kier molecular flexibility index (Phi) is 4.24. The number of aromatic nitrogens is 1. The summed E-state index contributed by atoms with van der Waals surface area (Å²) in [5.41, 5.74) is 7.99. The van der Waals surface area contributed by atoms with Crippen molar-refractivity contribution in [2.45, 2.75) is 0 Å². The minimum Gasteiger partial charge on any atom is -0.456 e. The molecular formula is C36H21NOS. The molecule has 2 nitrogen and oxygen atoms in total. The number of thiophene rings is 1. The minimum atomic E-state index is 0.930. The molecule has 0 spiro atoms. The molecule has 0 N–H and O–H groups in total. The van der Waals surface area contributed by atoms with Gasteiger partial charge in [-0.25, -0.2) is 0 Å². The van der Waals surface area contributed by atoms with Gasteiger partial charge in [0.2, 0.25) is 0 Å². The number of rotatable bonds is 2. The number of fused-ring (bicyclic) bond motifs is 9. The molecule has 0 amide bonds. The summed E-state index contributed by atoms with van der Waals surface area (Å²) in [5.74, 6) is 0. The highest BCUT2D eigenvalue weighted by molar-refractivity contribution is 7.26. The molecule has 0 bridgehead atoms. The Morgan fingerprint density at radius 1 is 0.487 bits per heavy atom. The molecule has 0 atom stereocenters. The van der Waals surface area contributed by atoms with Gasteiger partial charge in [0.05, 0.1) is 11.0 Å². The van der Waals surface area contributed by atoms with E-state index >= 15 is 0 Å². The maximum absolute atomic E-state index is 6.21. The number of para-hydroxylation sites is 3. The summed E-state index contributed by atoms with van der Waals surface area (Å²) in [4.78, 5) is 0. The molecule has 0 aliphatic carbocycles. The summed E-state index contributed by atoms with van der Waals surface area (Å²) in [7, 11) is 0. The highest BCUT2D eigenvalue weighted by atomic mass is 32.1. The first-order chi connectivity index (χ1) is 19.3. The number of hydrogen-bond donors (Lipinski definition) is 0. The van der Waals surface area contributed by atoms with Crippen LogP contribution in [-0.2, 0) is 0 Å². The molecule has 3 aromatic heterocycles. The molecule has 3 heterocycles. The van der Waals surface area contributed by atoms with Crippen LogP contribution in [0.3, 0.4) is 0 Å². The SMILES string of the molecule is c1ccc2c(c1)oc1cccc(-c3cccc4c3sc3ccc(-n5c6ccccc6c6ccccc65)cc34)c12. The van der Waals surface area contributed by atoms with Crippen molar-refractivity contribution < 1.29 is 4.42 Å². The van der Waals surface area contributed by atoms with Crippen LogP contribution >= 0.6 is 11.3 Å². The summed E-state index contributed by atoms with van der Waals surface area (Å²) < 4.78 is 11.2. The van der Waals surface area contributed by atoms with Crippen LogP contribution in [0.4, 0.5) is 0 Å². The Hall–Kier alpha value is -4.86. The van der Waals surface area contributed by atoms with Crippen molar-refractivity contribution in [2.24, 2.45) is 0 Å². The van der Waals surface area contributed by atoms with Crippen molar-refractivity contribution in [3.63, 3.8) is 0 Å². The summed E-state index contributed by atoms with van der Waals surface area (Å²) in [6, 6.07) is 45.8. The van der Waals surface area contributed by atoms with E-state index < -0.39 is 0 Å². The molecule has 182 valence electrons. The van der Waals surface area contributed by atoms with Crippen molar-refractivity contribution >= 4 is 75.3 Å². The third kappa shape index (κ3) is 2.91. The second-order valence-corrected chi connectivity index (χ2v) is 11.2. The molecule has 9 aromatic rings. The fourth-order valence-electron chi connectivity index (χ4n) is 6.34. The molecule has 9 rings (SSSR count). The van der Waals surface area contributed by atoms with Gasteiger partial charge >= 0.3 is 0 Å². The van der Waals surface area contributed by atoms with Crippen molar-refractivity contribution in [3.8, 4) is 16.8 Å². The van der Waals surface area contributed by atoms with Gasteiger partial charge in [0.1, 0.15) is 11.2 Å². The van der Waals surface area contributed by atoms with Gasteiger partial charge in [-0.3, -0.25) is 0 Å². The molecule has 0 aliphatic rings. The molecular weight excluding hydrogens is 494 g/mol. The quantitative estimate of drug-likeness (QED) is 0.224. The minimum absolute atomic E-state index is 0.930. The summed E-state index contributed by atoms with van der Waals surface area (Å²) in [6.07, 6.45) is 0. The lowest BCUT2D eigenvalue weighted by Gasteiger charge is -2.08. The van der Waals surface area contributed by atoms with Gasteiger partial charge in [-0.2, -0.15) is 0 Å². The highest BCUT2D eigenvalue weighted by Gasteiger charge is 2.17. The fourth-order valence-corrected chi connectivity index (χ4v) is 7.55. The van der Waals surface area contributed by atoms with E-state index in [2.05, 4.69) is 126 Å². The average molecular weight is 516 g/mol. The van der Waals surface area contributed by atoms with Crippen LogP contribution in [0.5, 0.6) is 0 Å². The third-order valence-corrected chi connectivity index (χ3v) is 9.23. The second kappa shape index (κ2) is 7.83. The average Bonchev–Trinajstić information content (AvgIpc) is 3.66. The summed E-state index contributed by atoms with van der Waals surface area (Å²) in [6.45, 7) is 0. The van der Waals surface area contributed by atoms with Gasteiger partial charge in [-0.05, 0) is 48.0 Å². The first kappa shape index (κ1) is 21.1. The summed E-state index contributed by atoms with van der Waals surface area (Å²) >= 11 is 1.87. The predicted molar refractivity (Wildman–Crippen MR) is 166 cm³/mol. The number of nitrogens with zero attached hydrogens (tertiary/aromatic N) is 1. The Balaban J connectivity index is 1.32. The van der Waals surface area contributed by atoms with E-state index in [9.17, 15) is 0 Å². The van der Waals surface area contributed by atoms with E-state index in [1.807, 2.05) is 17.4 Å². The van der Waals surface area contributed by atoms with Crippen molar-refractivity contribution in [1.82, 2.24) is 4.57 Å². The van der Waals surface area contributed by atoms with Crippen LogP contribution < -0.4 is 0 Å². The van der Waals surface area contributed by atoms with Crippen molar-refractivity contribution in [2.75, 3.05) is 0 Å². The van der Waals surface area contributed by atoms with Crippen LogP contribution in [0.2, 0.25) is 0 Å². The molecule has 6 aromatic carbocycles. The Morgan fingerprint density at radius 2 is 1.13 bits per heavy atom. The largest absolute Gasteiger partial charge is 0.456 e. The third-order valence-electron chi connectivity index (χ3n) is 8.01. The monoisotopic (exact) mass is 515 g/mol. The molecule has 0 saturated heterocycles.